The highest BCUT2D eigenvalue weighted by atomic mass is 32.1. The first-order valence-corrected chi connectivity index (χ1v) is 8.63. The van der Waals surface area contributed by atoms with E-state index in [2.05, 4.69) is 17.9 Å². The molecule has 0 unspecified atom stereocenters. The van der Waals surface area contributed by atoms with Crippen molar-refractivity contribution < 1.29 is 0 Å². The molecule has 118 valence electrons. The van der Waals surface area contributed by atoms with Crippen LogP contribution in [0.25, 0.3) is 0 Å². The van der Waals surface area contributed by atoms with Gasteiger partial charge in [0.15, 0.2) is 5.11 Å². The number of nitrogens with zero attached hydrogens (tertiary/aromatic N) is 2. The van der Waals surface area contributed by atoms with Crippen molar-refractivity contribution in [3.05, 3.63) is 29.8 Å². The lowest BCUT2D eigenvalue weighted by atomic mass is 9.76. The normalized spacial score (nSPS) is 16.7. The van der Waals surface area contributed by atoms with E-state index < -0.39 is 0 Å². The Morgan fingerprint density at radius 3 is 2.41 bits per heavy atom. The Balaban J connectivity index is 2.37. The highest BCUT2D eigenvalue weighted by Crippen LogP contribution is 2.40. The van der Waals surface area contributed by atoms with Crippen LogP contribution >= 0.6 is 12.2 Å². The van der Waals surface area contributed by atoms with Crippen molar-refractivity contribution in [1.82, 2.24) is 0 Å². The summed E-state index contributed by atoms with van der Waals surface area (Å²) >= 11 is 5.40. The molecule has 0 radical (unpaired) electrons. The van der Waals surface area contributed by atoms with Gasteiger partial charge in [-0.15, -0.1) is 0 Å². The van der Waals surface area contributed by atoms with E-state index in [1.165, 1.54) is 32.1 Å². The van der Waals surface area contributed by atoms with E-state index in [1.807, 2.05) is 24.3 Å². The lowest BCUT2D eigenvalue weighted by molar-refractivity contribution is 0.273. The fourth-order valence-corrected chi connectivity index (χ4v) is 3.92. The summed E-state index contributed by atoms with van der Waals surface area (Å²) in [6, 6.07) is 9.80. The minimum absolute atomic E-state index is 0.0499. The molecule has 0 heterocycles. The highest BCUT2D eigenvalue weighted by molar-refractivity contribution is 7.80. The summed E-state index contributed by atoms with van der Waals surface area (Å²) in [4.78, 5) is 2.16. The van der Waals surface area contributed by atoms with Crippen LogP contribution in [0.5, 0.6) is 0 Å². The second-order valence-electron chi connectivity index (χ2n) is 6.22. The largest absolute Gasteiger partial charge is 0.376 e. The predicted molar refractivity (Wildman–Crippen MR) is 95.8 cm³/mol. The molecule has 1 aliphatic carbocycles. The van der Waals surface area contributed by atoms with Gasteiger partial charge in [0.05, 0.1) is 11.6 Å². The Kier molecular flexibility index (Phi) is 5.79. The van der Waals surface area contributed by atoms with Crippen LogP contribution in [-0.2, 0) is 0 Å². The van der Waals surface area contributed by atoms with Gasteiger partial charge in [-0.2, -0.15) is 5.26 Å². The molecule has 2 rings (SSSR count). The number of hydrogen-bond donors (Lipinski definition) is 1. The van der Waals surface area contributed by atoms with E-state index >= 15 is 0 Å². The van der Waals surface area contributed by atoms with Crippen molar-refractivity contribution in [3.8, 4) is 6.07 Å². The molecule has 22 heavy (non-hydrogen) atoms. The van der Waals surface area contributed by atoms with Gasteiger partial charge in [0.1, 0.15) is 0 Å². The van der Waals surface area contributed by atoms with E-state index in [9.17, 15) is 0 Å². The zero-order valence-corrected chi connectivity index (χ0v) is 14.2. The van der Waals surface area contributed by atoms with E-state index in [0.29, 0.717) is 10.7 Å². The van der Waals surface area contributed by atoms with Gasteiger partial charge in [-0.3, -0.25) is 0 Å². The number of nitriles is 1. The van der Waals surface area contributed by atoms with Crippen LogP contribution in [0.3, 0.4) is 0 Å². The molecule has 0 spiro atoms. The maximum atomic E-state index is 8.98. The molecule has 1 aromatic rings. The minimum atomic E-state index is 0.0499. The monoisotopic (exact) mass is 315 g/mol. The van der Waals surface area contributed by atoms with Gasteiger partial charge in [-0.1, -0.05) is 39.0 Å². The minimum Gasteiger partial charge on any atom is -0.376 e. The van der Waals surface area contributed by atoms with Crippen LogP contribution in [0.15, 0.2) is 24.3 Å². The number of nitrogens with two attached hydrogens (primary N) is 1. The van der Waals surface area contributed by atoms with E-state index in [0.717, 1.165) is 24.9 Å². The van der Waals surface area contributed by atoms with Crippen LogP contribution in [0.1, 0.15) is 63.9 Å². The molecule has 0 bridgehead atoms. The van der Waals surface area contributed by atoms with Crippen LogP contribution < -0.4 is 10.6 Å². The molecule has 1 aliphatic rings. The van der Waals surface area contributed by atoms with Crippen molar-refractivity contribution in [2.24, 2.45) is 5.73 Å². The van der Waals surface area contributed by atoms with E-state index in [1.54, 1.807) is 0 Å². The topological polar surface area (TPSA) is 53.0 Å². The molecule has 1 aromatic carbocycles. The molecule has 0 amide bonds. The van der Waals surface area contributed by atoms with Gasteiger partial charge in [-0.05, 0) is 55.7 Å². The summed E-state index contributed by atoms with van der Waals surface area (Å²) in [7, 11) is 0. The second-order valence-corrected chi connectivity index (χ2v) is 6.64. The van der Waals surface area contributed by atoms with Gasteiger partial charge in [0.2, 0.25) is 0 Å². The van der Waals surface area contributed by atoms with Crippen molar-refractivity contribution in [2.75, 3.05) is 4.90 Å². The molecule has 1 saturated carbocycles. The SMILES string of the molecule is CCCCC1(N(C(N)=S)c2ccc(C#N)cc2)CCCCC1. The second kappa shape index (κ2) is 7.60. The highest BCUT2D eigenvalue weighted by Gasteiger charge is 2.39. The number of thiocarbonyl (C=S) groups is 1. The average Bonchev–Trinajstić information content (AvgIpc) is 2.54. The van der Waals surface area contributed by atoms with Crippen LogP contribution in [-0.4, -0.2) is 10.7 Å². The standard InChI is InChI=1S/C18H25N3S/c1-2-3-11-18(12-5-4-6-13-18)21(17(20)22)16-9-7-15(14-19)8-10-16/h7-10H,2-6,11-13H2,1H3,(H2,20,22). The first kappa shape index (κ1) is 16.8. The summed E-state index contributed by atoms with van der Waals surface area (Å²) in [5, 5.41) is 9.42. The maximum absolute atomic E-state index is 8.98. The first-order chi connectivity index (χ1) is 10.6. The number of anilines is 1. The quantitative estimate of drug-likeness (QED) is 0.813. The molecule has 3 nitrogen and oxygen atoms in total. The Hall–Kier alpha value is -1.60. The zero-order valence-electron chi connectivity index (χ0n) is 13.3. The van der Waals surface area contributed by atoms with Gasteiger partial charge in [0.25, 0.3) is 0 Å². The first-order valence-electron chi connectivity index (χ1n) is 8.23. The molecule has 1 fully saturated rings. The van der Waals surface area contributed by atoms with Gasteiger partial charge in [-0.25, -0.2) is 0 Å². The van der Waals surface area contributed by atoms with Gasteiger partial charge < -0.3 is 10.6 Å². The molecule has 2 N–H and O–H groups in total. The fourth-order valence-electron chi connectivity index (χ4n) is 3.62. The third-order valence-corrected chi connectivity index (χ3v) is 4.91. The van der Waals surface area contributed by atoms with Crippen molar-refractivity contribution in [1.29, 1.82) is 5.26 Å². The molecule has 0 saturated heterocycles. The Morgan fingerprint density at radius 2 is 1.91 bits per heavy atom. The summed E-state index contributed by atoms with van der Waals surface area (Å²) < 4.78 is 0. The van der Waals surface area contributed by atoms with Gasteiger partial charge in [0, 0.05) is 11.2 Å². The molecule has 4 heteroatoms. The maximum Gasteiger partial charge on any atom is 0.171 e. The van der Waals surface area contributed by atoms with E-state index in [-0.39, 0.29) is 5.54 Å². The van der Waals surface area contributed by atoms with Crippen molar-refractivity contribution >= 4 is 23.0 Å². The Labute approximate surface area is 139 Å². The number of unbranched alkanes of at least 4 members (excludes halogenated alkanes) is 1. The van der Waals surface area contributed by atoms with Crippen LogP contribution in [0, 0.1) is 11.3 Å². The summed E-state index contributed by atoms with van der Waals surface area (Å²) in [6.07, 6.45) is 9.55. The van der Waals surface area contributed by atoms with Crippen LogP contribution in [0.2, 0.25) is 0 Å². The lowest BCUT2D eigenvalue weighted by Crippen LogP contribution is -2.55. The number of rotatable bonds is 5. The number of benzene rings is 1. The summed E-state index contributed by atoms with van der Waals surface area (Å²) in [5.74, 6) is 0. The molecular weight excluding hydrogens is 290 g/mol. The molecule has 0 aliphatic heterocycles. The molecule has 0 aromatic heterocycles. The van der Waals surface area contributed by atoms with Crippen LogP contribution in [0.4, 0.5) is 5.69 Å². The molecule has 0 atom stereocenters. The Morgan fingerprint density at radius 1 is 1.27 bits per heavy atom. The third-order valence-electron chi connectivity index (χ3n) is 4.73. The van der Waals surface area contributed by atoms with Gasteiger partial charge >= 0.3 is 0 Å². The summed E-state index contributed by atoms with van der Waals surface area (Å²) in [5.41, 5.74) is 7.85. The smallest absolute Gasteiger partial charge is 0.171 e. The Bertz CT molecular complexity index is 538. The summed E-state index contributed by atoms with van der Waals surface area (Å²) in [6.45, 7) is 2.23. The average molecular weight is 315 g/mol. The third kappa shape index (κ3) is 3.59. The molecular formula is C18H25N3S. The predicted octanol–water partition coefficient (Wildman–Crippen LogP) is 4.50. The zero-order chi connectivity index (χ0) is 16.0. The van der Waals surface area contributed by atoms with Crippen molar-refractivity contribution in [3.63, 3.8) is 0 Å². The van der Waals surface area contributed by atoms with Crippen molar-refractivity contribution in [2.45, 2.75) is 63.8 Å². The lowest BCUT2D eigenvalue weighted by Gasteiger charge is -2.47. The number of hydrogen-bond acceptors (Lipinski definition) is 2. The van der Waals surface area contributed by atoms with E-state index in [4.69, 9.17) is 23.2 Å². The fraction of sp³-hybridized carbons (Fsp3) is 0.556.